The lowest BCUT2D eigenvalue weighted by Gasteiger charge is -2.59. The summed E-state index contributed by atoms with van der Waals surface area (Å²) in [6, 6.07) is 1.83. The molecule has 40 heavy (non-hydrogen) atoms. The van der Waals surface area contributed by atoms with E-state index < -0.39 is 0 Å². The fourth-order valence-corrected chi connectivity index (χ4v) is 10.2. The van der Waals surface area contributed by atoms with E-state index in [1.807, 2.05) is 6.07 Å². The lowest BCUT2D eigenvalue weighted by molar-refractivity contribution is -0.0581. The zero-order valence-corrected chi connectivity index (χ0v) is 26.1. The summed E-state index contributed by atoms with van der Waals surface area (Å²) < 4.78 is 0. The second-order valence-corrected chi connectivity index (χ2v) is 15.1. The summed E-state index contributed by atoms with van der Waals surface area (Å²) >= 11 is 0. The van der Waals surface area contributed by atoms with Crippen LogP contribution in [0.25, 0.3) is 0 Å². The second-order valence-electron chi connectivity index (χ2n) is 15.1. The molecule has 5 rings (SSSR count). The van der Waals surface area contributed by atoms with E-state index >= 15 is 0 Å². The number of carbonyl (C=O) groups excluding carboxylic acids is 1. The van der Waals surface area contributed by atoms with Crippen LogP contribution in [0.15, 0.2) is 29.4 Å². The smallest absolute Gasteiger partial charge is 0.168 e. The zero-order valence-electron chi connectivity index (χ0n) is 26.1. The molecule has 0 unspecified atom stereocenters. The van der Waals surface area contributed by atoms with Gasteiger partial charge in [-0.15, -0.1) is 0 Å². The monoisotopic (exact) mass is 546 g/mol. The van der Waals surface area contributed by atoms with Crippen LogP contribution in [0.2, 0.25) is 0 Å². The third-order valence-corrected chi connectivity index (χ3v) is 12.5. The Bertz CT molecular complexity index is 1170. The third kappa shape index (κ3) is 5.09. The van der Waals surface area contributed by atoms with Crippen LogP contribution >= 0.6 is 0 Å². The standard InChI is InChI=1S/C37H54O3/c1-23(2)8-7-9-24(3)31-14-15-32-29-13-12-28-21-26(16-18-36(28,5)33(29)17-19-37(31,32)6)10-11-27-20-25(4)34(39)35(40)30(27)22-38/h10,20-24,29,31-33,39-40H,7-9,11-19H2,1-6H3/b26-10+/t24-,29+,31-,32+,33+,36+,37-/m1/s1. The molecule has 1 aromatic rings. The van der Waals surface area contributed by atoms with Crippen molar-refractivity contribution in [2.75, 3.05) is 0 Å². The van der Waals surface area contributed by atoms with Crippen LogP contribution in [0, 0.1) is 53.3 Å². The second kappa shape index (κ2) is 11.3. The van der Waals surface area contributed by atoms with Crippen molar-refractivity contribution in [3.8, 4) is 11.5 Å². The predicted octanol–water partition coefficient (Wildman–Crippen LogP) is 9.73. The number of aromatic hydroxyl groups is 2. The molecule has 3 saturated carbocycles. The number of allylic oxidation sites excluding steroid dienone is 4. The van der Waals surface area contributed by atoms with Crippen LogP contribution in [-0.4, -0.2) is 16.5 Å². The minimum Gasteiger partial charge on any atom is -0.504 e. The maximum Gasteiger partial charge on any atom is 0.168 e. The summed E-state index contributed by atoms with van der Waals surface area (Å²) in [4.78, 5) is 11.7. The van der Waals surface area contributed by atoms with E-state index in [2.05, 4.69) is 46.8 Å². The molecular weight excluding hydrogens is 492 g/mol. The van der Waals surface area contributed by atoms with Gasteiger partial charge in [0.15, 0.2) is 17.8 Å². The molecule has 3 fully saturated rings. The Morgan fingerprint density at radius 3 is 2.48 bits per heavy atom. The number of benzene rings is 1. The van der Waals surface area contributed by atoms with Crippen molar-refractivity contribution < 1.29 is 15.0 Å². The quantitative estimate of drug-likeness (QED) is 0.252. The fraction of sp³-hybridized carbons (Fsp3) is 0.703. The largest absolute Gasteiger partial charge is 0.504 e. The molecule has 0 amide bonds. The van der Waals surface area contributed by atoms with Crippen LogP contribution < -0.4 is 0 Å². The molecule has 1 aromatic carbocycles. The lowest BCUT2D eigenvalue weighted by atomic mass is 9.46. The Labute approximate surface area is 243 Å². The number of aldehydes is 1. The van der Waals surface area contributed by atoms with Gasteiger partial charge < -0.3 is 10.2 Å². The number of fused-ring (bicyclic) bond motifs is 5. The van der Waals surface area contributed by atoms with Crippen LogP contribution in [0.1, 0.15) is 127 Å². The number of rotatable bonds is 8. The SMILES string of the molecule is Cc1cc(C/C=C2/C=C3CC[C@H]4[C@@H]5CC[C@H]([C@H](C)CCCC(C)C)[C@@]5(C)CC[C@@H]4[C@@]3(C)CC2)c(C=O)c(O)c1O. The van der Waals surface area contributed by atoms with Gasteiger partial charge in [0.1, 0.15) is 0 Å². The molecule has 7 atom stereocenters. The molecule has 4 aliphatic rings. The van der Waals surface area contributed by atoms with E-state index in [9.17, 15) is 15.0 Å². The molecule has 0 bridgehead atoms. The molecule has 0 aromatic heterocycles. The van der Waals surface area contributed by atoms with Crippen molar-refractivity contribution in [1.82, 2.24) is 0 Å². The Morgan fingerprint density at radius 2 is 1.75 bits per heavy atom. The average molecular weight is 547 g/mol. The van der Waals surface area contributed by atoms with Crippen LogP contribution in [-0.2, 0) is 6.42 Å². The molecule has 0 spiro atoms. The minimum atomic E-state index is -0.292. The average Bonchev–Trinajstić information content (AvgIpc) is 3.27. The molecule has 2 N–H and O–H groups in total. The first-order valence-corrected chi connectivity index (χ1v) is 16.4. The molecule has 0 aliphatic heterocycles. The van der Waals surface area contributed by atoms with E-state index in [4.69, 9.17) is 0 Å². The Morgan fingerprint density at radius 1 is 0.975 bits per heavy atom. The highest BCUT2D eigenvalue weighted by atomic mass is 16.3. The van der Waals surface area contributed by atoms with Gasteiger partial charge in [0.05, 0.1) is 5.56 Å². The van der Waals surface area contributed by atoms with Gasteiger partial charge in [-0.05, 0) is 122 Å². The van der Waals surface area contributed by atoms with E-state index in [1.54, 1.807) is 12.5 Å². The predicted molar refractivity (Wildman–Crippen MR) is 165 cm³/mol. The van der Waals surface area contributed by atoms with E-state index in [1.165, 1.54) is 69.8 Å². The summed E-state index contributed by atoms with van der Waals surface area (Å²) in [5.41, 5.74) is 5.49. The van der Waals surface area contributed by atoms with Crippen molar-refractivity contribution in [2.45, 2.75) is 119 Å². The summed E-state index contributed by atoms with van der Waals surface area (Å²) in [5.74, 6) is 4.73. The van der Waals surface area contributed by atoms with Crippen molar-refractivity contribution in [3.05, 3.63) is 46.1 Å². The van der Waals surface area contributed by atoms with Crippen LogP contribution in [0.4, 0.5) is 0 Å². The number of carbonyl (C=O) groups is 1. The Balaban J connectivity index is 1.30. The van der Waals surface area contributed by atoms with Crippen molar-refractivity contribution in [2.24, 2.45) is 46.3 Å². The molecule has 220 valence electrons. The number of aryl methyl sites for hydroxylation is 1. The molecule has 0 heterocycles. The van der Waals surface area contributed by atoms with Gasteiger partial charge in [0.2, 0.25) is 0 Å². The highest BCUT2D eigenvalue weighted by molar-refractivity contribution is 5.84. The first kappa shape index (κ1) is 29.5. The summed E-state index contributed by atoms with van der Waals surface area (Å²) in [6.07, 6.45) is 20.8. The van der Waals surface area contributed by atoms with Crippen molar-refractivity contribution >= 4 is 6.29 Å². The number of hydrogen-bond donors (Lipinski definition) is 2. The van der Waals surface area contributed by atoms with Gasteiger partial charge >= 0.3 is 0 Å². The molecule has 0 saturated heterocycles. The summed E-state index contributed by atoms with van der Waals surface area (Å²) in [5, 5.41) is 20.3. The molecule has 0 radical (unpaired) electrons. The Kier molecular flexibility index (Phi) is 8.35. The number of phenols is 2. The first-order chi connectivity index (χ1) is 19.0. The van der Waals surface area contributed by atoms with E-state index in [-0.39, 0.29) is 17.1 Å². The van der Waals surface area contributed by atoms with Gasteiger partial charge in [0, 0.05) is 0 Å². The van der Waals surface area contributed by atoms with Crippen LogP contribution in [0.3, 0.4) is 0 Å². The summed E-state index contributed by atoms with van der Waals surface area (Å²) in [7, 11) is 0. The van der Waals surface area contributed by atoms with E-state index in [0.29, 0.717) is 29.1 Å². The van der Waals surface area contributed by atoms with Crippen LogP contribution in [0.5, 0.6) is 11.5 Å². The maximum atomic E-state index is 11.7. The van der Waals surface area contributed by atoms with Gasteiger partial charge in [-0.3, -0.25) is 4.79 Å². The number of hydrogen-bond acceptors (Lipinski definition) is 3. The first-order valence-electron chi connectivity index (χ1n) is 16.4. The van der Waals surface area contributed by atoms with Gasteiger partial charge in [-0.2, -0.15) is 0 Å². The lowest BCUT2D eigenvalue weighted by Crippen LogP contribution is -2.50. The highest BCUT2D eigenvalue weighted by Crippen LogP contribution is 2.68. The topological polar surface area (TPSA) is 57.5 Å². The van der Waals surface area contributed by atoms with Gasteiger partial charge in [-0.1, -0.05) is 83.2 Å². The normalized spacial score (nSPS) is 35.2. The highest BCUT2D eigenvalue weighted by Gasteiger charge is 2.59. The zero-order chi connectivity index (χ0) is 28.8. The third-order valence-electron chi connectivity index (χ3n) is 12.5. The van der Waals surface area contributed by atoms with Crippen molar-refractivity contribution in [3.63, 3.8) is 0 Å². The molecule has 3 heteroatoms. The summed E-state index contributed by atoms with van der Waals surface area (Å²) in [6.45, 7) is 14.3. The van der Waals surface area contributed by atoms with E-state index in [0.717, 1.165) is 47.5 Å². The molecule has 3 nitrogen and oxygen atoms in total. The minimum absolute atomic E-state index is 0.191. The molecule has 4 aliphatic carbocycles. The maximum absolute atomic E-state index is 11.7. The van der Waals surface area contributed by atoms with Crippen molar-refractivity contribution in [1.29, 1.82) is 0 Å². The fourth-order valence-electron chi connectivity index (χ4n) is 10.2. The van der Waals surface area contributed by atoms with Gasteiger partial charge in [-0.25, -0.2) is 0 Å². The Hall–Kier alpha value is -2.03. The molecular formula is C37H54O3. The van der Waals surface area contributed by atoms with Gasteiger partial charge in [0.25, 0.3) is 0 Å². The number of phenolic OH excluding ortho intramolecular Hbond substituents is 2.